The molecule has 0 aromatic heterocycles. The highest BCUT2D eigenvalue weighted by Crippen LogP contribution is 2.43. The lowest BCUT2D eigenvalue weighted by Gasteiger charge is -2.14. The second kappa shape index (κ2) is 5.35. The Hall–Kier alpha value is -1.31. The minimum atomic E-state index is -0.0873. The van der Waals surface area contributed by atoms with Crippen molar-refractivity contribution in [3.63, 3.8) is 0 Å². The molecule has 1 fully saturated rings. The number of carbonyl (C=O) groups is 1. The van der Waals surface area contributed by atoms with Gasteiger partial charge < -0.3 is 4.74 Å². The maximum absolute atomic E-state index is 11.8. The van der Waals surface area contributed by atoms with Crippen LogP contribution in [0, 0.1) is 5.92 Å². The average Bonchev–Trinajstić information content (AvgIpc) is 3.16. The molecular weight excluding hydrogens is 212 g/mol. The van der Waals surface area contributed by atoms with Gasteiger partial charge in [0, 0.05) is 0 Å². The van der Waals surface area contributed by atoms with E-state index in [0.717, 1.165) is 31.2 Å². The van der Waals surface area contributed by atoms with Crippen molar-refractivity contribution in [1.29, 1.82) is 0 Å². The molecule has 0 heterocycles. The molecule has 0 bridgehead atoms. The molecule has 0 amide bonds. The number of aryl methyl sites for hydroxylation is 1. The molecule has 0 saturated heterocycles. The highest BCUT2D eigenvalue weighted by Gasteiger charge is 2.37. The fourth-order valence-corrected chi connectivity index (χ4v) is 2.34. The predicted octanol–water partition coefficient (Wildman–Crippen LogP) is 3.31. The zero-order valence-electron chi connectivity index (χ0n) is 10.6. The molecule has 2 rings (SSSR count). The Kier molecular flexibility index (Phi) is 3.82. The summed E-state index contributed by atoms with van der Waals surface area (Å²) in [4.78, 5) is 11.8. The van der Waals surface area contributed by atoms with E-state index in [4.69, 9.17) is 4.74 Å². The van der Waals surface area contributed by atoms with Gasteiger partial charge in [0.15, 0.2) is 0 Å². The van der Waals surface area contributed by atoms with Crippen LogP contribution in [0.3, 0.4) is 0 Å². The zero-order chi connectivity index (χ0) is 12.3. The van der Waals surface area contributed by atoms with Crippen LogP contribution in [0.15, 0.2) is 24.3 Å². The first-order valence-electron chi connectivity index (χ1n) is 6.43. The van der Waals surface area contributed by atoms with Gasteiger partial charge in [-0.05, 0) is 36.3 Å². The quantitative estimate of drug-likeness (QED) is 0.728. The van der Waals surface area contributed by atoms with Gasteiger partial charge in [-0.2, -0.15) is 0 Å². The number of esters is 1. The van der Waals surface area contributed by atoms with E-state index in [1.807, 2.05) is 0 Å². The summed E-state index contributed by atoms with van der Waals surface area (Å²) < 4.78 is 4.91. The Morgan fingerprint density at radius 3 is 2.47 bits per heavy atom. The molecular formula is C15H20O2. The lowest BCUT2D eigenvalue weighted by Crippen LogP contribution is -2.16. The van der Waals surface area contributed by atoms with Gasteiger partial charge in [0.25, 0.3) is 0 Å². The van der Waals surface area contributed by atoms with Crippen molar-refractivity contribution in [3.05, 3.63) is 35.4 Å². The van der Waals surface area contributed by atoms with Crippen molar-refractivity contribution in [2.75, 3.05) is 7.11 Å². The molecule has 0 aliphatic heterocycles. The van der Waals surface area contributed by atoms with E-state index < -0.39 is 0 Å². The van der Waals surface area contributed by atoms with Gasteiger partial charge in [-0.3, -0.25) is 4.79 Å². The molecule has 1 atom stereocenters. The minimum absolute atomic E-state index is 0.0457. The van der Waals surface area contributed by atoms with Crippen LogP contribution in [0.25, 0.3) is 0 Å². The van der Waals surface area contributed by atoms with Crippen molar-refractivity contribution in [1.82, 2.24) is 0 Å². The first kappa shape index (κ1) is 12.2. The fourth-order valence-electron chi connectivity index (χ4n) is 2.34. The minimum Gasteiger partial charge on any atom is -0.469 e. The fraction of sp³-hybridized carbons (Fsp3) is 0.533. The topological polar surface area (TPSA) is 26.3 Å². The first-order chi connectivity index (χ1) is 8.26. The van der Waals surface area contributed by atoms with Gasteiger partial charge in [-0.25, -0.2) is 0 Å². The molecule has 0 N–H and O–H groups in total. The highest BCUT2D eigenvalue weighted by atomic mass is 16.5. The summed E-state index contributed by atoms with van der Waals surface area (Å²) in [5.74, 6) is 0.367. The number of carbonyl (C=O) groups excluding carboxylic acids is 1. The molecule has 1 unspecified atom stereocenters. The van der Waals surface area contributed by atoms with E-state index in [2.05, 4.69) is 31.2 Å². The van der Waals surface area contributed by atoms with Crippen LogP contribution in [0.2, 0.25) is 0 Å². The smallest absolute Gasteiger partial charge is 0.313 e. The number of hydrogen-bond acceptors (Lipinski definition) is 2. The first-order valence-corrected chi connectivity index (χ1v) is 6.43. The Morgan fingerprint density at radius 1 is 1.35 bits per heavy atom. The van der Waals surface area contributed by atoms with Crippen LogP contribution in [-0.2, 0) is 16.0 Å². The van der Waals surface area contributed by atoms with Gasteiger partial charge >= 0.3 is 5.97 Å². The average molecular weight is 232 g/mol. The highest BCUT2D eigenvalue weighted by molar-refractivity contribution is 5.78. The number of methoxy groups -OCH3 is 1. The lowest BCUT2D eigenvalue weighted by molar-refractivity contribution is -0.143. The summed E-state index contributed by atoms with van der Waals surface area (Å²) in [7, 11) is 1.48. The van der Waals surface area contributed by atoms with Crippen molar-refractivity contribution in [2.45, 2.75) is 38.5 Å². The Labute approximate surface area is 103 Å². The summed E-state index contributed by atoms with van der Waals surface area (Å²) in [6, 6.07) is 8.45. The van der Waals surface area contributed by atoms with Gasteiger partial charge in [-0.15, -0.1) is 0 Å². The molecule has 17 heavy (non-hydrogen) atoms. The molecule has 1 aromatic carbocycles. The molecule has 1 saturated carbocycles. The number of benzene rings is 1. The third kappa shape index (κ3) is 2.87. The Balaban J connectivity index is 2.15. The van der Waals surface area contributed by atoms with Crippen LogP contribution in [0.1, 0.15) is 43.2 Å². The standard InChI is InChI=1S/C15H20O2/c1-3-4-11-5-7-12(8-6-11)14(13-9-10-13)15(16)17-2/h5-8,13-14H,3-4,9-10H2,1-2H3. The molecule has 0 spiro atoms. The maximum Gasteiger partial charge on any atom is 0.313 e. The van der Waals surface area contributed by atoms with E-state index in [1.54, 1.807) is 0 Å². The number of ether oxygens (including phenoxy) is 1. The van der Waals surface area contributed by atoms with Gasteiger partial charge in [0.05, 0.1) is 13.0 Å². The van der Waals surface area contributed by atoms with E-state index in [1.165, 1.54) is 12.7 Å². The molecule has 1 aliphatic carbocycles. The van der Waals surface area contributed by atoms with Crippen molar-refractivity contribution < 1.29 is 9.53 Å². The SMILES string of the molecule is CCCc1ccc(C(C(=O)OC)C2CC2)cc1. The van der Waals surface area contributed by atoms with E-state index >= 15 is 0 Å². The predicted molar refractivity (Wildman–Crippen MR) is 67.9 cm³/mol. The second-order valence-corrected chi connectivity index (χ2v) is 4.83. The van der Waals surface area contributed by atoms with E-state index in [9.17, 15) is 4.79 Å². The molecule has 2 heteroatoms. The van der Waals surface area contributed by atoms with Crippen LogP contribution in [0.5, 0.6) is 0 Å². The van der Waals surface area contributed by atoms with E-state index in [0.29, 0.717) is 5.92 Å². The summed E-state index contributed by atoms with van der Waals surface area (Å²) in [6.45, 7) is 2.18. The maximum atomic E-state index is 11.8. The van der Waals surface area contributed by atoms with Crippen LogP contribution < -0.4 is 0 Å². The summed E-state index contributed by atoms with van der Waals surface area (Å²) in [5.41, 5.74) is 2.45. The molecule has 1 aromatic rings. The van der Waals surface area contributed by atoms with Crippen LogP contribution in [0.4, 0.5) is 0 Å². The Bertz CT molecular complexity index is 376. The number of hydrogen-bond donors (Lipinski definition) is 0. The molecule has 2 nitrogen and oxygen atoms in total. The van der Waals surface area contributed by atoms with Crippen molar-refractivity contribution in [3.8, 4) is 0 Å². The van der Waals surface area contributed by atoms with Crippen molar-refractivity contribution in [2.24, 2.45) is 5.92 Å². The molecule has 92 valence electrons. The molecule has 1 aliphatic rings. The van der Waals surface area contributed by atoms with E-state index in [-0.39, 0.29) is 11.9 Å². The summed E-state index contributed by atoms with van der Waals surface area (Å²) in [5, 5.41) is 0. The van der Waals surface area contributed by atoms with Crippen LogP contribution >= 0.6 is 0 Å². The van der Waals surface area contributed by atoms with Gasteiger partial charge in [0.1, 0.15) is 0 Å². The zero-order valence-corrected chi connectivity index (χ0v) is 10.6. The van der Waals surface area contributed by atoms with Crippen LogP contribution in [-0.4, -0.2) is 13.1 Å². The molecule has 0 radical (unpaired) electrons. The second-order valence-electron chi connectivity index (χ2n) is 4.83. The lowest BCUT2D eigenvalue weighted by atomic mass is 9.93. The van der Waals surface area contributed by atoms with Gasteiger partial charge in [-0.1, -0.05) is 37.6 Å². The normalized spacial score (nSPS) is 16.6. The monoisotopic (exact) mass is 232 g/mol. The Morgan fingerprint density at radius 2 is 2.00 bits per heavy atom. The third-order valence-corrected chi connectivity index (χ3v) is 3.43. The summed E-state index contributed by atoms with van der Waals surface area (Å²) >= 11 is 0. The number of rotatable bonds is 5. The largest absolute Gasteiger partial charge is 0.469 e. The van der Waals surface area contributed by atoms with Gasteiger partial charge in [0.2, 0.25) is 0 Å². The third-order valence-electron chi connectivity index (χ3n) is 3.43. The summed E-state index contributed by atoms with van der Waals surface area (Å²) in [6.07, 6.45) is 4.56. The van der Waals surface area contributed by atoms with Crippen molar-refractivity contribution >= 4 is 5.97 Å².